The highest BCUT2D eigenvalue weighted by molar-refractivity contribution is 7.13. The zero-order valence-electron chi connectivity index (χ0n) is 17.1. The van der Waals surface area contributed by atoms with Crippen LogP contribution < -0.4 is 10.6 Å². The van der Waals surface area contributed by atoms with Crippen LogP contribution in [0.15, 0.2) is 4.99 Å². The topological polar surface area (TPSA) is 84.8 Å². The van der Waals surface area contributed by atoms with E-state index in [9.17, 15) is 4.79 Å². The molecule has 1 aliphatic rings. The van der Waals surface area contributed by atoms with Gasteiger partial charge in [-0.2, -0.15) is 0 Å². The second-order valence-electron chi connectivity index (χ2n) is 6.99. The average molecular weight is 397 g/mol. The maximum Gasteiger partial charge on any atom is 0.350 e. The third kappa shape index (κ3) is 6.17. The first kappa shape index (κ1) is 21.6. The summed E-state index contributed by atoms with van der Waals surface area (Å²) >= 11 is 1.38. The molecule has 0 spiro atoms. The summed E-state index contributed by atoms with van der Waals surface area (Å²) in [4.78, 5) is 21.9. The number of ether oxygens (including phenoxy) is 2. The molecule has 0 aromatic carbocycles. The molecule has 152 valence electrons. The Labute approximate surface area is 166 Å². The number of thiazole rings is 1. The summed E-state index contributed by atoms with van der Waals surface area (Å²) in [5.41, 5.74) is 1.01. The molecule has 0 bridgehead atoms. The summed E-state index contributed by atoms with van der Waals surface area (Å²) in [6.07, 6.45) is 3.48. The van der Waals surface area contributed by atoms with Gasteiger partial charge in [0.1, 0.15) is 9.88 Å². The van der Waals surface area contributed by atoms with Crippen LogP contribution in [0.25, 0.3) is 0 Å². The molecule has 2 N–H and O–H groups in total. The fraction of sp³-hybridized carbons (Fsp3) is 0.737. The molecule has 1 aromatic rings. The number of carbonyl (C=O) groups is 1. The van der Waals surface area contributed by atoms with Gasteiger partial charge >= 0.3 is 5.97 Å². The molecule has 0 amide bonds. The van der Waals surface area contributed by atoms with Crippen LogP contribution in [-0.4, -0.2) is 50.3 Å². The van der Waals surface area contributed by atoms with E-state index in [0.29, 0.717) is 22.6 Å². The van der Waals surface area contributed by atoms with Gasteiger partial charge in [-0.15, -0.1) is 11.3 Å². The first-order chi connectivity index (χ1) is 12.9. The number of hydrogen-bond donors (Lipinski definition) is 2. The van der Waals surface area contributed by atoms with E-state index in [1.807, 2.05) is 20.8 Å². The summed E-state index contributed by atoms with van der Waals surface area (Å²) in [6, 6.07) is -0.0520. The number of guanidine groups is 1. The monoisotopic (exact) mass is 396 g/mol. The Morgan fingerprint density at radius 3 is 2.74 bits per heavy atom. The van der Waals surface area contributed by atoms with E-state index in [2.05, 4.69) is 15.6 Å². The molecule has 1 fully saturated rings. The molecule has 1 heterocycles. The molecule has 0 aliphatic heterocycles. The molecule has 1 aromatic heterocycles. The molecule has 0 saturated heterocycles. The van der Waals surface area contributed by atoms with Gasteiger partial charge in [0.15, 0.2) is 5.96 Å². The molecule has 0 radical (unpaired) electrons. The van der Waals surface area contributed by atoms with Crippen LogP contribution in [0.2, 0.25) is 0 Å². The van der Waals surface area contributed by atoms with Gasteiger partial charge in [-0.1, -0.05) is 0 Å². The third-order valence-electron chi connectivity index (χ3n) is 4.71. The molecule has 1 atom stereocenters. The Morgan fingerprint density at radius 2 is 2.15 bits per heavy atom. The fourth-order valence-electron chi connectivity index (χ4n) is 2.80. The minimum atomic E-state index is -0.305. The van der Waals surface area contributed by atoms with Gasteiger partial charge in [-0.3, -0.25) is 4.99 Å². The summed E-state index contributed by atoms with van der Waals surface area (Å²) < 4.78 is 10.3. The Hall–Kier alpha value is -1.67. The molecular weight excluding hydrogens is 364 g/mol. The van der Waals surface area contributed by atoms with Crippen molar-refractivity contribution in [2.75, 3.05) is 33.4 Å². The largest absolute Gasteiger partial charge is 0.462 e. The molecule has 2 rings (SSSR count). The molecule has 1 aliphatic carbocycles. The molecule has 1 saturated carbocycles. The summed E-state index contributed by atoms with van der Waals surface area (Å²) in [6.45, 7) is 10.4. The molecular formula is C19H32N4O3S. The Kier molecular flexibility index (Phi) is 8.04. The van der Waals surface area contributed by atoms with Gasteiger partial charge in [0.05, 0.1) is 18.3 Å². The minimum Gasteiger partial charge on any atom is -0.462 e. The van der Waals surface area contributed by atoms with Crippen molar-refractivity contribution in [3.8, 4) is 0 Å². The number of rotatable bonds is 10. The van der Waals surface area contributed by atoms with Crippen LogP contribution in [0.5, 0.6) is 0 Å². The van der Waals surface area contributed by atoms with Gasteiger partial charge in [-0.25, -0.2) is 9.78 Å². The van der Waals surface area contributed by atoms with Crippen LogP contribution in [0.1, 0.15) is 66.4 Å². The maximum absolute atomic E-state index is 12.0. The second kappa shape index (κ2) is 10.0. The first-order valence-corrected chi connectivity index (χ1v) is 10.4. The zero-order chi connectivity index (χ0) is 19.9. The van der Waals surface area contributed by atoms with Crippen molar-refractivity contribution in [3.63, 3.8) is 0 Å². The van der Waals surface area contributed by atoms with E-state index in [1.165, 1.54) is 24.2 Å². The van der Waals surface area contributed by atoms with Gasteiger partial charge in [0.2, 0.25) is 0 Å². The van der Waals surface area contributed by atoms with Crippen LogP contribution >= 0.6 is 11.3 Å². The number of carbonyl (C=O) groups excluding carboxylic acids is 1. The highest BCUT2D eigenvalue weighted by atomic mass is 32.1. The predicted molar refractivity (Wildman–Crippen MR) is 108 cm³/mol. The number of aliphatic imine (C=N–C) groups is 1. The number of esters is 1. The van der Waals surface area contributed by atoms with Crippen LogP contribution in [0, 0.1) is 12.3 Å². The number of aromatic nitrogens is 1. The SMILES string of the molecule is CCNC(=NCC1(CCOC)CC1)NC(C)c1nc(C)c(C(=O)OCC)s1. The smallest absolute Gasteiger partial charge is 0.350 e. The highest BCUT2D eigenvalue weighted by Gasteiger charge is 2.41. The van der Waals surface area contributed by atoms with Crippen LogP contribution in [0.4, 0.5) is 0 Å². The van der Waals surface area contributed by atoms with E-state index < -0.39 is 0 Å². The van der Waals surface area contributed by atoms with Crippen molar-refractivity contribution in [2.45, 2.75) is 53.0 Å². The molecule has 8 heteroatoms. The quantitative estimate of drug-likeness (QED) is 0.359. The van der Waals surface area contributed by atoms with Crippen molar-refractivity contribution >= 4 is 23.3 Å². The van der Waals surface area contributed by atoms with E-state index in [0.717, 1.165) is 37.1 Å². The fourth-order valence-corrected chi connectivity index (χ4v) is 3.77. The summed E-state index contributed by atoms with van der Waals surface area (Å²) in [5.74, 6) is 0.472. The molecule has 1 unspecified atom stereocenters. The van der Waals surface area contributed by atoms with Crippen molar-refractivity contribution in [3.05, 3.63) is 15.6 Å². The van der Waals surface area contributed by atoms with Crippen LogP contribution in [-0.2, 0) is 9.47 Å². The highest BCUT2D eigenvalue weighted by Crippen LogP contribution is 2.48. The van der Waals surface area contributed by atoms with Gasteiger partial charge in [0, 0.05) is 26.8 Å². The lowest BCUT2D eigenvalue weighted by molar-refractivity contribution is 0.0531. The Morgan fingerprint density at radius 1 is 1.41 bits per heavy atom. The minimum absolute atomic E-state index is 0.0520. The summed E-state index contributed by atoms with van der Waals surface area (Å²) in [5, 5.41) is 7.55. The Balaban J connectivity index is 2.02. The van der Waals surface area contributed by atoms with E-state index in [1.54, 1.807) is 14.0 Å². The van der Waals surface area contributed by atoms with Crippen molar-refractivity contribution in [2.24, 2.45) is 10.4 Å². The van der Waals surface area contributed by atoms with Crippen molar-refractivity contribution < 1.29 is 14.3 Å². The lowest BCUT2D eigenvalue weighted by Crippen LogP contribution is -2.39. The zero-order valence-corrected chi connectivity index (χ0v) is 17.9. The van der Waals surface area contributed by atoms with Crippen molar-refractivity contribution in [1.29, 1.82) is 0 Å². The Bertz CT molecular complexity index is 655. The number of nitrogens with one attached hydrogen (secondary N) is 2. The second-order valence-corrected chi connectivity index (χ2v) is 8.02. The number of hydrogen-bond acceptors (Lipinski definition) is 6. The van der Waals surface area contributed by atoms with Crippen LogP contribution in [0.3, 0.4) is 0 Å². The van der Waals surface area contributed by atoms with E-state index in [4.69, 9.17) is 14.5 Å². The third-order valence-corrected chi connectivity index (χ3v) is 6.03. The maximum atomic E-state index is 12.0. The number of methoxy groups -OCH3 is 1. The molecule has 7 nitrogen and oxygen atoms in total. The first-order valence-electron chi connectivity index (χ1n) is 9.63. The van der Waals surface area contributed by atoms with Gasteiger partial charge in [0.25, 0.3) is 0 Å². The number of nitrogens with zero attached hydrogens (tertiary/aromatic N) is 2. The predicted octanol–water partition coefficient (Wildman–Crippen LogP) is 3.06. The molecule has 27 heavy (non-hydrogen) atoms. The van der Waals surface area contributed by atoms with E-state index >= 15 is 0 Å². The normalized spacial score (nSPS) is 16.7. The number of aryl methyl sites for hydroxylation is 1. The average Bonchev–Trinajstić information content (AvgIpc) is 3.31. The lowest BCUT2D eigenvalue weighted by Gasteiger charge is -2.18. The standard InChI is InChI=1S/C19H32N4O3S/c1-6-20-18(21-12-19(8-9-19)10-11-25-5)23-14(4)16-22-13(3)15(27-16)17(24)26-7-2/h14H,6-12H2,1-5H3,(H2,20,21,23). The van der Waals surface area contributed by atoms with Gasteiger partial charge in [-0.05, 0) is 52.4 Å². The lowest BCUT2D eigenvalue weighted by atomic mass is 10.0. The van der Waals surface area contributed by atoms with Gasteiger partial charge < -0.3 is 20.1 Å². The van der Waals surface area contributed by atoms with Crippen molar-refractivity contribution in [1.82, 2.24) is 15.6 Å². The van der Waals surface area contributed by atoms with E-state index in [-0.39, 0.29) is 12.0 Å². The summed E-state index contributed by atoms with van der Waals surface area (Å²) in [7, 11) is 1.74.